The Balaban J connectivity index is 1.45. The minimum Gasteiger partial charge on any atom is -0.459 e. The molecule has 2 heterocycles. The Labute approximate surface area is 170 Å². The second-order valence-electron chi connectivity index (χ2n) is 6.05. The van der Waals surface area contributed by atoms with Crippen LogP contribution in [0.5, 0.6) is 0 Å². The zero-order chi connectivity index (χ0) is 20.2. The maximum Gasteiger partial charge on any atom is 0.291 e. The molecule has 2 N–H and O–H groups in total. The number of anilines is 2. The lowest BCUT2D eigenvalue weighted by Gasteiger charge is -2.07. The predicted molar refractivity (Wildman–Crippen MR) is 108 cm³/mol. The van der Waals surface area contributed by atoms with Crippen molar-refractivity contribution in [3.05, 3.63) is 89.5 Å². The van der Waals surface area contributed by atoms with Gasteiger partial charge in [-0.15, -0.1) is 0 Å². The van der Waals surface area contributed by atoms with E-state index in [0.29, 0.717) is 22.2 Å². The van der Waals surface area contributed by atoms with E-state index in [1.165, 1.54) is 6.26 Å². The smallest absolute Gasteiger partial charge is 0.291 e. The SMILES string of the molecule is O=C(Nc1cccc(NC(=O)c2ccco2)c1)c1cc(-c2ccc(Cl)cc2)on1. The van der Waals surface area contributed by atoms with Crippen molar-refractivity contribution in [2.75, 3.05) is 10.6 Å². The van der Waals surface area contributed by atoms with Gasteiger partial charge in [-0.05, 0) is 54.6 Å². The van der Waals surface area contributed by atoms with Crippen LogP contribution in [-0.2, 0) is 0 Å². The Morgan fingerprint density at radius 2 is 1.59 bits per heavy atom. The van der Waals surface area contributed by atoms with E-state index in [4.69, 9.17) is 20.5 Å². The van der Waals surface area contributed by atoms with Gasteiger partial charge >= 0.3 is 0 Å². The number of amides is 2. The molecule has 4 aromatic rings. The lowest BCUT2D eigenvalue weighted by molar-refractivity contribution is 0.0994. The van der Waals surface area contributed by atoms with Crippen LogP contribution in [0.1, 0.15) is 21.0 Å². The van der Waals surface area contributed by atoms with E-state index in [2.05, 4.69) is 15.8 Å². The van der Waals surface area contributed by atoms with Crippen molar-refractivity contribution in [1.29, 1.82) is 0 Å². The van der Waals surface area contributed by atoms with Gasteiger partial charge < -0.3 is 19.6 Å². The fourth-order valence-electron chi connectivity index (χ4n) is 2.60. The molecule has 0 unspecified atom stereocenters. The molecule has 0 aliphatic rings. The van der Waals surface area contributed by atoms with Crippen molar-refractivity contribution < 1.29 is 18.5 Å². The van der Waals surface area contributed by atoms with E-state index in [0.717, 1.165) is 5.56 Å². The van der Waals surface area contributed by atoms with Crippen molar-refractivity contribution >= 4 is 34.8 Å². The average molecular weight is 408 g/mol. The van der Waals surface area contributed by atoms with Crippen molar-refractivity contribution in [3.63, 3.8) is 0 Å². The highest BCUT2D eigenvalue weighted by molar-refractivity contribution is 6.30. The first-order valence-electron chi connectivity index (χ1n) is 8.57. The lowest BCUT2D eigenvalue weighted by atomic mass is 10.1. The Hall–Kier alpha value is -3.84. The van der Waals surface area contributed by atoms with Gasteiger partial charge in [0.2, 0.25) is 0 Å². The molecular weight excluding hydrogens is 394 g/mol. The van der Waals surface area contributed by atoms with Gasteiger partial charge in [-0.25, -0.2) is 0 Å². The number of nitrogens with zero attached hydrogens (tertiary/aromatic N) is 1. The van der Waals surface area contributed by atoms with Gasteiger partial charge in [-0.1, -0.05) is 22.8 Å². The normalized spacial score (nSPS) is 10.5. The number of nitrogens with one attached hydrogen (secondary N) is 2. The van der Waals surface area contributed by atoms with Gasteiger partial charge in [0.1, 0.15) is 0 Å². The number of furan rings is 1. The second kappa shape index (κ2) is 8.04. The predicted octanol–water partition coefficient (Wildman–Crippen LogP) is 5.09. The molecule has 0 saturated heterocycles. The van der Waals surface area contributed by atoms with Gasteiger partial charge in [0.25, 0.3) is 11.8 Å². The highest BCUT2D eigenvalue weighted by atomic mass is 35.5. The second-order valence-corrected chi connectivity index (χ2v) is 6.49. The summed E-state index contributed by atoms with van der Waals surface area (Å²) in [5.74, 6) is -0.186. The summed E-state index contributed by atoms with van der Waals surface area (Å²) in [6, 6.07) is 18.4. The van der Waals surface area contributed by atoms with Gasteiger partial charge in [0.05, 0.1) is 6.26 Å². The molecule has 0 bridgehead atoms. The number of benzene rings is 2. The summed E-state index contributed by atoms with van der Waals surface area (Å²) in [6.07, 6.45) is 1.42. The molecular formula is C21H14ClN3O4. The summed E-state index contributed by atoms with van der Waals surface area (Å²) in [7, 11) is 0. The van der Waals surface area contributed by atoms with Crippen molar-refractivity contribution in [2.45, 2.75) is 0 Å². The fraction of sp³-hybridized carbons (Fsp3) is 0. The molecule has 0 saturated carbocycles. The molecule has 0 atom stereocenters. The molecule has 0 spiro atoms. The number of hydrogen-bond donors (Lipinski definition) is 2. The van der Waals surface area contributed by atoms with Crippen LogP contribution >= 0.6 is 11.6 Å². The van der Waals surface area contributed by atoms with E-state index in [1.807, 2.05) is 0 Å². The standard InChI is InChI=1S/C21H14ClN3O4/c22-14-8-6-13(7-9-14)19-12-17(25-29-19)20(26)23-15-3-1-4-16(11-15)24-21(27)18-5-2-10-28-18/h1-12H,(H,23,26)(H,24,27). The summed E-state index contributed by atoms with van der Waals surface area (Å²) in [5.41, 5.74) is 1.87. The average Bonchev–Trinajstić information content (AvgIpc) is 3.41. The van der Waals surface area contributed by atoms with Gasteiger partial charge in [0, 0.05) is 28.0 Å². The molecule has 0 aliphatic heterocycles. The number of halogens is 1. The molecule has 0 radical (unpaired) electrons. The van der Waals surface area contributed by atoms with E-state index in [1.54, 1.807) is 66.7 Å². The Kier molecular flexibility index (Phi) is 5.13. The van der Waals surface area contributed by atoms with Crippen molar-refractivity contribution in [2.24, 2.45) is 0 Å². The van der Waals surface area contributed by atoms with Crippen LogP contribution < -0.4 is 10.6 Å². The molecule has 0 fully saturated rings. The van der Waals surface area contributed by atoms with Crippen LogP contribution in [-0.4, -0.2) is 17.0 Å². The van der Waals surface area contributed by atoms with Gasteiger partial charge in [-0.3, -0.25) is 9.59 Å². The van der Waals surface area contributed by atoms with Crippen LogP contribution in [0.15, 0.2) is 81.9 Å². The van der Waals surface area contributed by atoms with Crippen LogP contribution in [0.3, 0.4) is 0 Å². The van der Waals surface area contributed by atoms with E-state index < -0.39 is 5.91 Å². The minimum atomic E-state index is -0.441. The third-order valence-electron chi connectivity index (χ3n) is 3.99. The highest BCUT2D eigenvalue weighted by Gasteiger charge is 2.15. The third-order valence-corrected chi connectivity index (χ3v) is 4.25. The molecule has 0 aliphatic carbocycles. The lowest BCUT2D eigenvalue weighted by Crippen LogP contribution is -2.13. The molecule has 2 amide bonds. The van der Waals surface area contributed by atoms with Crippen LogP contribution in [0.25, 0.3) is 11.3 Å². The van der Waals surface area contributed by atoms with Crippen LogP contribution in [0.2, 0.25) is 5.02 Å². The molecule has 7 nitrogen and oxygen atoms in total. The maximum absolute atomic E-state index is 12.5. The Morgan fingerprint density at radius 1 is 0.862 bits per heavy atom. The van der Waals surface area contributed by atoms with E-state index in [-0.39, 0.29) is 17.4 Å². The zero-order valence-electron chi connectivity index (χ0n) is 14.9. The topological polar surface area (TPSA) is 97.4 Å². The fourth-order valence-corrected chi connectivity index (χ4v) is 2.73. The molecule has 2 aromatic heterocycles. The van der Waals surface area contributed by atoms with Crippen molar-refractivity contribution in [3.8, 4) is 11.3 Å². The summed E-state index contributed by atoms with van der Waals surface area (Å²) in [5, 5.41) is 9.84. The van der Waals surface area contributed by atoms with E-state index >= 15 is 0 Å². The summed E-state index contributed by atoms with van der Waals surface area (Å²) < 4.78 is 10.3. The number of aromatic nitrogens is 1. The maximum atomic E-state index is 12.5. The quantitative estimate of drug-likeness (QED) is 0.480. The van der Waals surface area contributed by atoms with Gasteiger partial charge in [-0.2, -0.15) is 0 Å². The number of hydrogen-bond acceptors (Lipinski definition) is 5. The summed E-state index contributed by atoms with van der Waals surface area (Å²) >= 11 is 5.88. The Morgan fingerprint density at radius 3 is 2.28 bits per heavy atom. The molecule has 2 aromatic carbocycles. The van der Waals surface area contributed by atoms with Crippen LogP contribution in [0.4, 0.5) is 11.4 Å². The number of carbonyl (C=O) groups is 2. The highest BCUT2D eigenvalue weighted by Crippen LogP contribution is 2.23. The third kappa shape index (κ3) is 4.36. The zero-order valence-corrected chi connectivity index (χ0v) is 15.6. The van der Waals surface area contributed by atoms with E-state index in [9.17, 15) is 9.59 Å². The molecule has 29 heavy (non-hydrogen) atoms. The van der Waals surface area contributed by atoms with Crippen molar-refractivity contribution in [1.82, 2.24) is 5.16 Å². The first-order chi connectivity index (χ1) is 14.1. The van der Waals surface area contributed by atoms with Gasteiger partial charge in [0.15, 0.2) is 17.2 Å². The first kappa shape index (κ1) is 18.5. The monoisotopic (exact) mass is 407 g/mol. The molecule has 8 heteroatoms. The largest absolute Gasteiger partial charge is 0.459 e. The minimum absolute atomic E-state index is 0.125. The molecule has 144 valence electrons. The summed E-state index contributed by atoms with van der Waals surface area (Å²) in [4.78, 5) is 24.5. The molecule has 4 rings (SSSR count). The Bertz CT molecular complexity index is 1150. The van der Waals surface area contributed by atoms with Crippen LogP contribution in [0, 0.1) is 0 Å². The summed E-state index contributed by atoms with van der Waals surface area (Å²) in [6.45, 7) is 0. The number of carbonyl (C=O) groups excluding carboxylic acids is 2. The number of rotatable bonds is 5. The first-order valence-corrected chi connectivity index (χ1v) is 8.95.